The van der Waals surface area contributed by atoms with Crippen LogP contribution in [-0.2, 0) is 4.74 Å². The number of amides is 1. The van der Waals surface area contributed by atoms with Gasteiger partial charge in [0.2, 0.25) is 0 Å². The molecule has 1 fully saturated rings. The van der Waals surface area contributed by atoms with E-state index in [-0.39, 0.29) is 18.1 Å². The van der Waals surface area contributed by atoms with Crippen molar-refractivity contribution in [2.75, 3.05) is 13.1 Å². The summed E-state index contributed by atoms with van der Waals surface area (Å²) in [5.41, 5.74) is -0.459. The zero-order valence-electron chi connectivity index (χ0n) is 12.3. The zero-order chi connectivity index (χ0) is 13.9. The van der Waals surface area contributed by atoms with Crippen molar-refractivity contribution < 1.29 is 14.6 Å². The Balaban J connectivity index is 2.61. The van der Waals surface area contributed by atoms with E-state index in [0.29, 0.717) is 25.4 Å². The maximum Gasteiger partial charge on any atom is 0.410 e. The van der Waals surface area contributed by atoms with Crippen molar-refractivity contribution in [2.24, 2.45) is 11.8 Å². The third kappa shape index (κ3) is 4.16. The van der Waals surface area contributed by atoms with Crippen molar-refractivity contribution in [2.45, 2.75) is 59.2 Å². The summed E-state index contributed by atoms with van der Waals surface area (Å²) in [4.78, 5) is 13.7. The second kappa shape index (κ2) is 5.91. The lowest BCUT2D eigenvalue weighted by Crippen LogP contribution is -2.49. The molecule has 0 aliphatic carbocycles. The van der Waals surface area contributed by atoms with Gasteiger partial charge in [0, 0.05) is 19.0 Å². The average molecular weight is 257 g/mol. The van der Waals surface area contributed by atoms with Gasteiger partial charge in [-0.2, -0.15) is 0 Å². The number of likely N-dealkylation sites (tertiary alicyclic amines) is 1. The summed E-state index contributed by atoms with van der Waals surface area (Å²) in [6, 6.07) is 0. The molecule has 3 unspecified atom stereocenters. The number of hydrogen-bond donors (Lipinski definition) is 1. The lowest BCUT2D eigenvalue weighted by atomic mass is 9.83. The molecule has 1 saturated heterocycles. The van der Waals surface area contributed by atoms with E-state index in [2.05, 4.69) is 13.8 Å². The van der Waals surface area contributed by atoms with Crippen molar-refractivity contribution in [3.63, 3.8) is 0 Å². The van der Waals surface area contributed by atoms with Gasteiger partial charge in [-0.25, -0.2) is 4.79 Å². The van der Waals surface area contributed by atoms with Gasteiger partial charge >= 0.3 is 6.09 Å². The molecule has 1 rings (SSSR count). The van der Waals surface area contributed by atoms with E-state index in [1.54, 1.807) is 4.90 Å². The van der Waals surface area contributed by atoms with Crippen LogP contribution in [0, 0.1) is 11.8 Å². The topological polar surface area (TPSA) is 49.8 Å². The van der Waals surface area contributed by atoms with Gasteiger partial charge in [0.1, 0.15) is 5.60 Å². The van der Waals surface area contributed by atoms with Crippen molar-refractivity contribution >= 4 is 6.09 Å². The first-order chi connectivity index (χ1) is 8.24. The van der Waals surface area contributed by atoms with Gasteiger partial charge in [0.25, 0.3) is 0 Å². The molecule has 0 aromatic carbocycles. The molecule has 0 spiro atoms. The molecule has 0 aromatic rings. The van der Waals surface area contributed by atoms with Crippen LogP contribution in [0.5, 0.6) is 0 Å². The highest BCUT2D eigenvalue weighted by molar-refractivity contribution is 5.68. The molecule has 1 heterocycles. The van der Waals surface area contributed by atoms with E-state index in [4.69, 9.17) is 4.74 Å². The highest BCUT2D eigenvalue weighted by Crippen LogP contribution is 2.27. The molecule has 18 heavy (non-hydrogen) atoms. The first-order valence-electron chi connectivity index (χ1n) is 6.90. The van der Waals surface area contributed by atoms with Gasteiger partial charge in [-0.05, 0) is 33.1 Å². The Labute approximate surface area is 110 Å². The van der Waals surface area contributed by atoms with Crippen LogP contribution < -0.4 is 0 Å². The Morgan fingerprint density at radius 2 is 2.11 bits per heavy atom. The zero-order valence-corrected chi connectivity index (χ0v) is 12.3. The van der Waals surface area contributed by atoms with Crippen LogP contribution >= 0.6 is 0 Å². The largest absolute Gasteiger partial charge is 0.444 e. The molecule has 1 amide bonds. The van der Waals surface area contributed by atoms with Gasteiger partial charge < -0.3 is 14.7 Å². The second-order valence-corrected chi connectivity index (χ2v) is 6.33. The van der Waals surface area contributed by atoms with Crippen LogP contribution in [0.15, 0.2) is 0 Å². The lowest BCUT2D eigenvalue weighted by Gasteiger charge is -2.39. The lowest BCUT2D eigenvalue weighted by molar-refractivity contribution is -0.0205. The van der Waals surface area contributed by atoms with Gasteiger partial charge in [0.05, 0.1) is 6.10 Å². The minimum atomic E-state index is -0.459. The van der Waals surface area contributed by atoms with E-state index in [1.165, 1.54) is 0 Å². The normalized spacial score (nSPS) is 26.9. The van der Waals surface area contributed by atoms with Crippen LogP contribution in [0.25, 0.3) is 0 Å². The number of aliphatic hydroxyl groups excluding tert-OH is 1. The van der Waals surface area contributed by atoms with Crippen LogP contribution in [0.1, 0.15) is 47.5 Å². The van der Waals surface area contributed by atoms with E-state index in [9.17, 15) is 9.90 Å². The van der Waals surface area contributed by atoms with E-state index < -0.39 is 5.60 Å². The molecular weight excluding hydrogens is 230 g/mol. The van der Waals surface area contributed by atoms with Crippen LogP contribution in [0.4, 0.5) is 4.79 Å². The Morgan fingerprint density at radius 3 is 2.61 bits per heavy atom. The molecule has 3 atom stereocenters. The summed E-state index contributed by atoms with van der Waals surface area (Å²) in [5, 5.41) is 10.0. The van der Waals surface area contributed by atoms with Gasteiger partial charge in [-0.3, -0.25) is 0 Å². The third-order valence-corrected chi connectivity index (χ3v) is 3.65. The van der Waals surface area contributed by atoms with Crippen molar-refractivity contribution in [3.05, 3.63) is 0 Å². The summed E-state index contributed by atoms with van der Waals surface area (Å²) in [6.45, 7) is 11.0. The van der Waals surface area contributed by atoms with Crippen LogP contribution in [0.2, 0.25) is 0 Å². The maximum atomic E-state index is 12.0. The maximum absolute atomic E-state index is 12.0. The van der Waals surface area contributed by atoms with E-state index in [0.717, 1.165) is 6.42 Å². The predicted molar refractivity (Wildman–Crippen MR) is 71.4 cm³/mol. The minimum absolute atomic E-state index is 0.163. The first kappa shape index (κ1) is 15.3. The van der Waals surface area contributed by atoms with Crippen molar-refractivity contribution in [1.82, 2.24) is 4.90 Å². The number of hydrogen-bond acceptors (Lipinski definition) is 3. The summed E-state index contributed by atoms with van der Waals surface area (Å²) in [6.07, 6.45) is 1.11. The Morgan fingerprint density at radius 1 is 1.50 bits per heavy atom. The minimum Gasteiger partial charge on any atom is -0.444 e. The summed E-state index contributed by atoms with van der Waals surface area (Å²) in [5.74, 6) is 0.585. The monoisotopic (exact) mass is 257 g/mol. The van der Waals surface area contributed by atoms with Crippen molar-refractivity contribution in [3.8, 4) is 0 Å². The Bertz CT molecular complexity index is 281. The number of nitrogens with zero attached hydrogens (tertiary/aromatic N) is 1. The fraction of sp³-hybridized carbons (Fsp3) is 0.929. The molecule has 1 aliphatic heterocycles. The quantitative estimate of drug-likeness (QED) is 0.827. The highest BCUT2D eigenvalue weighted by Gasteiger charge is 2.34. The molecule has 0 radical (unpaired) electrons. The number of aliphatic hydroxyl groups is 1. The Hall–Kier alpha value is -0.770. The number of carbonyl (C=O) groups excluding carboxylic acids is 1. The van der Waals surface area contributed by atoms with E-state index >= 15 is 0 Å². The number of piperidine rings is 1. The summed E-state index contributed by atoms with van der Waals surface area (Å²) < 4.78 is 5.38. The Kier molecular flexibility index (Phi) is 5.02. The van der Waals surface area contributed by atoms with Crippen LogP contribution in [0.3, 0.4) is 0 Å². The van der Waals surface area contributed by atoms with Crippen LogP contribution in [-0.4, -0.2) is 40.9 Å². The molecule has 1 aliphatic rings. The number of rotatable bonds is 2. The fourth-order valence-electron chi connectivity index (χ4n) is 2.32. The highest BCUT2D eigenvalue weighted by atomic mass is 16.6. The standard InChI is InChI=1S/C14H27NO3/c1-6-10(2)11-9-15(8-7-12(11)16)13(17)18-14(3,4)5/h10-12,16H,6-9H2,1-5H3. The predicted octanol–water partition coefficient (Wildman–Crippen LogP) is 2.65. The van der Waals surface area contributed by atoms with E-state index in [1.807, 2.05) is 20.8 Å². The van der Waals surface area contributed by atoms with Gasteiger partial charge in [-0.1, -0.05) is 20.3 Å². The molecule has 4 nitrogen and oxygen atoms in total. The molecular formula is C14H27NO3. The summed E-state index contributed by atoms with van der Waals surface area (Å²) in [7, 11) is 0. The number of carbonyl (C=O) groups is 1. The smallest absolute Gasteiger partial charge is 0.410 e. The molecule has 1 N–H and O–H groups in total. The molecule has 0 saturated carbocycles. The average Bonchev–Trinajstić information content (AvgIpc) is 2.26. The molecule has 0 bridgehead atoms. The fourth-order valence-corrected chi connectivity index (χ4v) is 2.32. The van der Waals surface area contributed by atoms with Gasteiger partial charge in [0.15, 0.2) is 0 Å². The molecule has 106 valence electrons. The number of ether oxygens (including phenoxy) is 1. The molecule has 0 aromatic heterocycles. The van der Waals surface area contributed by atoms with Gasteiger partial charge in [-0.15, -0.1) is 0 Å². The first-order valence-corrected chi connectivity index (χ1v) is 6.90. The third-order valence-electron chi connectivity index (χ3n) is 3.65. The van der Waals surface area contributed by atoms with Crippen molar-refractivity contribution in [1.29, 1.82) is 0 Å². The summed E-state index contributed by atoms with van der Waals surface area (Å²) >= 11 is 0. The molecule has 4 heteroatoms. The SMILES string of the molecule is CCC(C)C1CN(C(=O)OC(C)(C)C)CCC1O. The second-order valence-electron chi connectivity index (χ2n) is 6.33.